The van der Waals surface area contributed by atoms with Crippen molar-refractivity contribution >= 4 is 28.7 Å². The molecule has 0 heterocycles. The monoisotopic (exact) mass is 298 g/mol. The van der Waals surface area contributed by atoms with Crippen LogP contribution in [0, 0.1) is 6.92 Å². The van der Waals surface area contributed by atoms with Crippen LogP contribution in [-0.2, 0) is 0 Å². The molecule has 0 aliphatic heterocycles. The number of hydrogen-bond acceptors (Lipinski definition) is 3. The standard InChI is InChI=1S/C14H13ClF2N2O/c1-8-6-10(18)9(15)7-12(8)19-11-4-2-3-5-13(11)20-14(16)17/h2-7,14,19H,18H2,1H3. The van der Waals surface area contributed by atoms with E-state index in [9.17, 15) is 8.78 Å². The van der Waals surface area contributed by atoms with Gasteiger partial charge in [-0.05, 0) is 36.8 Å². The van der Waals surface area contributed by atoms with Gasteiger partial charge in [-0.3, -0.25) is 0 Å². The first-order valence-corrected chi connectivity index (χ1v) is 6.21. The molecule has 0 aliphatic carbocycles. The molecule has 2 aromatic carbocycles. The molecule has 0 aliphatic rings. The summed E-state index contributed by atoms with van der Waals surface area (Å²) in [6.07, 6.45) is 0. The number of anilines is 3. The number of nitrogens with two attached hydrogens (primary N) is 1. The molecule has 2 rings (SSSR count). The van der Waals surface area contributed by atoms with Crippen molar-refractivity contribution in [1.82, 2.24) is 0 Å². The Kier molecular flexibility index (Phi) is 4.29. The molecule has 0 radical (unpaired) electrons. The zero-order chi connectivity index (χ0) is 14.7. The predicted molar refractivity (Wildman–Crippen MR) is 77.0 cm³/mol. The maximum Gasteiger partial charge on any atom is 0.387 e. The van der Waals surface area contributed by atoms with E-state index in [1.165, 1.54) is 6.07 Å². The zero-order valence-corrected chi connectivity index (χ0v) is 11.4. The highest BCUT2D eigenvalue weighted by molar-refractivity contribution is 6.33. The summed E-state index contributed by atoms with van der Waals surface area (Å²) in [5.74, 6) is 0.0647. The van der Waals surface area contributed by atoms with Crippen LogP contribution in [0.1, 0.15) is 5.56 Å². The molecule has 0 unspecified atom stereocenters. The molecule has 20 heavy (non-hydrogen) atoms. The number of halogens is 3. The van der Waals surface area contributed by atoms with Crippen LogP contribution in [0.25, 0.3) is 0 Å². The van der Waals surface area contributed by atoms with E-state index < -0.39 is 6.61 Å². The van der Waals surface area contributed by atoms with Gasteiger partial charge in [0.1, 0.15) is 5.75 Å². The average Bonchev–Trinajstić information content (AvgIpc) is 2.37. The molecule has 0 saturated carbocycles. The van der Waals surface area contributed by atoms with Gasteiger partial charge in [-0.25, -0.2) is 0 Å². The Labute approximate surface area is 120 Å². The van der Waals surface area contributed by atoms with E-state index in [1.807, 2.05) is 6.92 Å². The summed E-state index contributed by atoms with van der Waals surface area (Å²) in [4.78, 5) is 0. The minimum absolute atomic E-state index is 0.0647. The zero-order valence-electron chi connectivity index (χ0n) is 10.7. The Morgan fingerprint density at radius 2 is 1.90 bits per heavy atom. The number of alkyl halides is 2. The molecule has 0 amide bonds. The minimum atomic E-state index is -2.88. The summed E-state index contributed by atoms with van der Waals surface area (Å²) in [5.41, 5.74) is 8.11. The van der Waals surface area contributed by atoms with E-state index in [4.69, 9.17) is 17.3 Å². The Morgan fingerprint density at radius 1 is 1.20 bits per heavy atom. The van der Waals surface area contributed by atoms with E-state index in [0.29, 0.717) is 22.1 Å². The lowest BCUT2D eigenvalue weighted by molar-refractivity contribution is -0.0493. The van der Waals surface area contributed by atoms with Crippen LogP contribution in [-0.4, -0.2) is 6.61 Å². The largest absolute Gasteiger partial charge is 0.433 e. The lowest BCUT2D eigenvalue weighted by Gasteiger charge is -2.15. The quantitative estimate of drug-likeness (QED) is 0.812. The van der Waals surface area contributed by atoms with Gasteiger partial charge in [0.05, 0.1) is 16.4 Å². The van der Waals surface area contributed by atoms with Crippen LogP contribution in [0.5, 0.6) is 5.75 Å². The average molecular weight is 299 g/mol. The molecule has 0 saturated heterocycles. The van der Waals surface area contributed by atoms with Crippen molar-refractivity contribution in [1.29, 1.82) is 0 Å². The van der Waals surface area contributed by atoms with Gasteiger partial charge in [-0.15, -0.1) is 0 Å². The van der Waals surface area contributed by atoms with Crippen LogP contribution < -0.4 is 15.8 Å². The van der Waals surface area contributed by atoms with Crippen molar-refractivity contribution in [3.63, 3.8) is 0 Å². The van der Waals surface area contributed by atoms with E-state index in [1.54, 1.807) is 30.3 Å². The van der Waals surface area contributed by atoms with Gasteiger partial charge >= 0.3 is 6.61 Å². The fourth-order valence-corrected chi connectivity index (χ4v) is 1.92. The Bertz CT molecular complexity index is 620. The first-order valence-electron chi connectivity index (χ1n) is 5.84. The second-order valence-electron chi connectivity index (χ2n) is 4.19. The van der Waals surface area contributed by atoms with Gasteiger partial charge in [-0.1, -0.05) is 23.7 Å². The van der Waals surface area contributed by atoms with Crippen molar-refractivity contribution < 1.29 is 13.5 Å². The third-order valence-electron chi connectivity index (χ3n) is 2.72. The molecular formula is C14H13ClF2N2O. The highest BCUT2D eigenvalue weighted by atomic mass is 35.5. The van der Waals surface area contributed by atoms with Gasteiger partial charge in [0.25, 0.3) is 0 Å². The van der Waals surface area contributed by atoms with Crippen molar-refractivity contribution in [3.8, 4) is 5.75 Å². The highest BCUT2D eigenvalue weighted by Crippen LogP contribution is 2.33. The maximum atomic E-state index is 12.3. The number of aryl methyl sites for hydroxylation is 1. The molecule has 6 heteroatoms. The van der Waals surface area contributed by atoms with Crippen molar-refractivity contribution in [2.24, 2.45) is 0 Å². The van der Waals surface area contributed by atoms with Gasteiger partial charge in [0.15, 0.2) is 0 Å². The van der Waals surface area contributed by atoms with E-state index in [2.05, 4.69) is 10.1 Å². The Morgan fingerprint density at radius 3 is 2.60 bits per heavy atom. The summed E-state index contributed by atoms with van der Waals surface area (Å²) in [6, 6.07) is 9.79. The number of ether oxygens (including phenoxy) is 1. The van der Waals surface area contributed by atoms with E-state index in [0.717, 1.165) is 5.56 Å². The molecule has 3 N–H and O–H groups in total. The SMILES string of the molecule is Cc1cc(N)c(Cl)cc1Nc1ccccc1OC(F)F. The molecule has 0 spiro atoms. The van der Waals surface area contributed by atoms with Gasteiger partial charge in [0.2, 0.25) is 0 Å². The molecule has 0 atom stereocenters. The normalized spacial score (nSPS) is 10.7. The molecule has 106 valence electrons. The number of para-hydroxylation sites is 2. The highest BCUT2D eigenvalue weighted by Gasteiger charge is 2.11. The molecular weight excluding hydrogens is 286 g/mol. The first kappa shape index (κ1) is 14.4. The van der Waals surface area contributed by atoms with Crippen LogP contribution in [0.2, 0.25) is 5.02 Å². The van der Waals surface area contributed by atoms with Crippen LogP contribution in [0.4, 0.5) is 25.8 Å². The topological polar surface area (TPSA) is 47.3 Å². The van der Waals surface area contributed by atoms with Crippen LogP contribution in [0.15, 0.2) is 36.4 Å². The third-order valence-corrected chi connectivity index (χ3v) is 3.04. The van der Waals surface area contributed by atoms with Gasteiger partial charge in [0, 0.05) is 5.69 Å². The lowest BCUT2D eigenvalue weighted by Crippen LogP contribution is -2.05. The Balaban J connectivity index is 2.33. The number of nitrogen functional groups attached to an aromatic ring is 1. The maximum absolute atomic E-state index is 12.3. The van der Waals surface area contributed by atoms with Crippen molar-refractivity contribution in [2.45, 2.75) is 13.5 Å². The van der Waals surface area contributed by atoms with Crippen molar-refractivity contribution in [2.75, 3.05) is 11.1 Å². The summed E-state index contributed by atoms with van der Waals surface area (Å²) in [7, 11) is 0. The van der Waals surface area contributed by atoms with E-state index in [-0.39, 0.29) is 5.75 Å². The van der Waals surface area contributed by atoms with Gasteiger partial charge in [-0.2, -0.15) is 8.78 Å². The second-order valence-corrected chi connectivity index (χ2v) is 4.60. The summed E-state index contributed by atoms with van der Waals surface area (Å²) < 4.78 is 29.2. The molecule has 0 fully saturated rings. The number of hydrogen-bond donors (Lipinski definition) is 2. The fourth-order valence-electron chi connectivity index (χ4n) is 1.75. The number of benzene rings is 2. The van der Waals surface area contributed by atoms with E-state index >= 15 is 0 Å². The van der Waals surface area contributed by atoms with Crippen LogP contribution in [0.3, 0.4) is 0 Å². The molecule has 0 bridgehead atoms. The number of nitrogens with one attached hydrogen (secondary N) is 1. The summed E-state index contributed by atoms with van der Waals surface area (Å²) in [6.45, 7) is -1.04. The summed E-state index contributed by atoms with van der Waals surface area (Å²) in [5, 5.41) is 3.41. The molecule has 2 aromatic rings. The molecule has 3 nitrogen and oxygen atoms in total. The molecule has 0 aromatic heterocycles. The Hall–Kier alpha value is -2.01. The first-order chi connectivity index (χ1) is 9.47. The van der Waals surface area contributed by atoms with Crippen LogP contribution >= 0.6 is 11.6 Å². The minimum Gasteiger partial charge on any atom is -0.433 e. The lowest BCUT2D eigenvalue weighted by atomic mass is 10.1. The van der Waals surface area contributed by atoms with Gasteiger partial charge < -0.3 is 15.8 Å². The van der Waals surface area contributed by atoms with Crippen molar-refractivity contribution in [3.05, 3.63) is 47.0 Å². The number of rotatable bonds is 4. The predicted octanol–water partition coefficient (Wildman–Crippen LogP) is 4.58. The fraction of sp³-hybridized carbons (Fsp3) is 0.143. The third kappa shape index (κ3) is 3.30. The second kappa shape index (κ2) is 5.96. The smallest absolute Gasteiger partial charge is 0.387 e. The summed E-state index contributed by atoms with van der Waals surface area (Å²) >= 11 is 5.96.